The second-order valence-corrected chi connectivity index (χ2v) is 7.33. The van der Waals surface area contributed by atoms with Crippen LogP contribution < -0.4 is 15.4 Å². The largest absolute Gasteiger partial charge is 0.484 e. The van der Waals surface area contributed by atoms with Gasteiger partial charge in [0, 0.05) is 11.4 Å². The number of benzene rings is 2. The van der Waals surface area contributed by atoms with E-state index in [9.17, 15) is 19.5 Å². The van der Waals surface area contributed by atoms with Crippen LogP contribution in [0.5, 0.6) is 5.75 Å². The number of carboxylic acids is 1. The van der Waals surface area contributed by atoms with Crippen molar-refractivity contribution in [1.82, 2.24) is 0 Å². The number of anilines is 2. The predicted molar refractivity (Wildman–Crippen MR) is 104 cm³/mol. The molecule has 3 N–H and O–H groups in total. The zero-order valence-electron chi connectivity index (χ0n) is 15.6. The summed E-state index contributed by atoms with van der Waals surface area (Å²) in [5.41, 5.74) is 0.416. The normalized spacial score (nSPS) is 19.4. The first-order chi connectivity index (χ1) is 13.3. The first kappa shape index (κ1) is 19.4. The summed E-state index contributed by atoms with van der Waals surface area (Å²) in [6.07, 6.45) is 0. The number of rotatable bonds is 7. The van der Waals surface area contributed by atoms with E-state index in [1.807, 2.05) is 18.2 Å². The molecule has 0 heterocycles. The van der Waals surface area contributed by atoms with E-state index < -0.39 is 23.2 Å². The average Bonchev–Trinajstić information content (AvgIpc) is 3.24. The summed E-state index contributed by atoms with van der Waals surface area (Å²) in [6.45, 7) is 3.38. The Kier molecular flexibility index (Phi) is 5.35. The molecule has 0 aromatic heterocycles. The van der Waals surface area contributed by atoms with Gasteiger partial charge >= 0.3 is 5.97 Å². The fourth-order valence-electron chi connectivity index (χ4n) is 3.35. The third-order valence-corrected chi connectivity index (χ3v) is 4.90. The number of nitrogens with one attached hydrogen (secondary N) is 2. The van der Waals surface area contributed by atoms with E-state index in [1.54, 1.807) is 50.2 Å². The third-order valence-electron chi connectivity index (χ3n) is 4.90. The van der Waals surface area contributed by atoms with Crippen molar-refractivity contribution in [2.45, 2.75) is 13.8 Å². The van der Waals surface area contributed by atoms with E-state index in [-0.39, 0.29) is 18.4 Å². The van der Waals surface area contributed by atoms with Gasteiger partial charge < -0.3 is 20.5 Å². The van der Waals surface area contributed by atoms with Gasteiger partial charge in [0.25, 0.3) is 5.91 Å². The Morgan fingerprint density at radius 1 is 0.964 bits per heavy atom. The maximum absolute atomic E-state index is 12.4. The fraction of sp³-hybridized carbons (Fsp3) is 0.286. The van der Waals surface area contributed by atoms with Crippen LogP contribution in [0, 0.1) is 17.3 Å². The molecule has 1 aliphatic rings. The molecule has 0 unspecified atom stereocenters. The van der Waals surface area contributed by atoms with E-state index in [2.05, 4.69) is 10.6 Å². The Morgan fingerprint density at radius 2 is 1.61 bits per heavy atom. The molecule has 2 aromatic carbocycles. The van der Waals surface area contributed by atoms with Crippen LogP contribution in [0.25, 0.3) is 0 Å². The topological polar surface area (TPSA) is 105 Å². The van der Waals surface area contributed by atoms with E-state index >= 15 is 0 Å². The zero-order valence-corrected chi connectivity index (χ0v) is 15.6. The van der Waals surface area contributed by atoms with E-state index in [0.717, 1.165) is 0 Å². The zero-order chi connectivity index (χ0) is 20.3. The number of hydrogen-bond donors (Lipinski definition) is 3. The van der Waals surface area contributed by atoms with Crippen molar-refractivity contribution < 1.29 is 24.2 Å². The van der Waals surface area contributed by atoms with Gasteiger partial charge in [0.1, 0.15) is 5.75 Å². The smallest absolute Gasteiger partial charge is 0.307 e. The van der Waals surface area contributed by atoms with Crippen LogP contribution in [0.1, 0.15) is 13.8 Å². The Balaban J connectivity index is 1.56. The van der Waals surface area contributed by atoms with Crippen LogP contribution >= 0.6 is 0 Å². The molecule has 0 saturated heterocycles. The molecule has 2 atom stereocenters. The maximum atomic E-state index is 12.4. The van der Waals surface area contributed by atoms with E-state index in [4.69, 9.17) is 4.74 Å². The van der Waals surface area contributed by atoms with Gasteiger partial charge in [0.05, 0.1) is 11.8 Å². The summed E-state index contributed by atoms with van der Waals surface area (Å²) in [7, 11) is 0. The molecule has 0 bridgehead atoms. The molecule has 2 amide bonds. The summed E-state index contributed by atoms with van der Waals surface area (Å²) >= 11 is 0. The van der Waals surface area contributed by atoms with Crippen molar-refractivity contribution in [3.05, 3.63) is 54.6 Å². The number of para-hydroxylation sites is 1. The maximum Gasteiger partial charge on any atom is 0.307 e. The Labute approximate surface area is 162 Å². The van der Waals surface area contributed by atoms with Gasteiger partial charge in [-0.1, -0.05) is 38.1 Å². The molecular formula is C21H22N2O5. The second kappa shape index (κ2) is 7.72. The summed E-state index contributed by atoms with van der Waals surface area (Å²) in [6, 6.07) is 15.7. The Bertz CT molecular complexity index is 895. The Hall–Kier alpha value is -3.35. The summed E-state index contributed by atoms with van der Waals surface area (Å²) in [5.74, 6) is -2.31. The van der Waals surface area contributed by atoms with E-state index in [0.29, 0.717) is 17.1 Å². The van der Waals surface area contributed by atoms with Crippen LogP contribution in [0.4, 0.5) is 11.4 Å². The highest BCUT2D eigenvalue weighted by Gasteiger charge is 2.65. The van der Waals surface area contributed by atoms with Crippen LogP contribution in [-0.4, -0.2) is 29.5 Å². The number of carbonyl (C=O) groups is 3. The highest BCUT2D eigenvalue weighted by atomic mass is 16.5. The molecule has 0 aliphatic heterocycles. The summed E-state index contributed by atoms with van der Waals surface area (Å²) in [5, 5.41) is 14.6. The summed E-state index contributed by atoms with van der Waals surface area (Å²) < 4.78 is 5.39. The molecule has 1 aliphatic carbocycles. The van der Waals surface area contributed by atoms with Crippen LogP contribution in [-0.2, 0) is 14.4 Å². The van der Waals surface area contributed by atoms with Gasteiger partial charge in [0.2, 0.25) is 5.91 Å². The van der Waals surface area contributed by atoms with Gasteiger partial charge in [-0.05, 0) is 35.7 Å². The quantitative estimate of drug-likeness (QED) is 0.683. The van der Waals surface area contributed by atoms with Crippen molar-refractivity contribution in [1.29, 1.82) is 0 Å². The molecule has 0 radical (unpaired) electrons. The second-order valence-electron chi connectivity index (χ2n) is 7.33. The van der Waals surface area contributed by atoms with Crippen molar-refractivity contribution in [3.63, 3.8) is 0 Å². The minimum absolute atomic E-state index is 0.142. The third kappa shape index (κ3) is 4.31. The lowest BCUT2D eigenvalue weighted by Gasteiger charge is -2.10. The number of carbonyl (C=O) groups excluding carboxylic acids is 2. The van der Waals surface area contributed by atoms with Crippen LogP contribution in [0.15, 0.2) is 54.6 Å². The Morgan fingerprint density at radius 3 is 2.21 bits per heavy atom. The van der Waals surface area contributed by atoms with Gasteiger partial charge in [-0.2, -0.15) is 0 Å². The minimum atomic E-state index is -0.968. The molecule has 1 saturated carbocycles. The molecule has 7 heteroatoms. The molecule has 28 heavy (non-hydrogen) atoms. The van der Waals surface area contributed by atoms with Crippen LogP contribution in [0.2, 0.25) is 0 Å². The minimum Gasteiger partial charge on any atom is -0.484 e. The van der Waals surface area contributed by atoms with Crippen molar-refractivity contribution >= 4 is 29.2 Å². The average molecular weight is 382 g/mol. The van der Waals surface area contributed by atoms with Crippen molar-refractivity contribution in [3.8, 4) is 5.75 Å². The molecule has 0 spiro atoms. The number of carboxylic acid groups (broad SMARTS) is 1. The molecule has 3 rings (SSSR count). The number of hydrogen-bond acceptors (Lipinski definition) is 4. The summed E-state index contributed by atoms with van der Waals surface area (Å²) in [4.78, 5) is 35.7. The monoisotopic (exact) mass is 382 g/mol. The van der Waals surface area contributed by atoms with Gasteiger partial charge in [0.15, 0.2) is 6.61 Å². The SMILES string of the molecule is CC1(C)[C@H](C(=O)O)[C@@H]1C(=O)Nc1cccc(NC(=O)COc2ccccc2)c1. The van der Waals surface area contributed by atoms with Gasteiger partial charge in [-0.25, -0.2) is 0 Å². The molecule has 2 aromatic rings. The first-order valence-electron chi connectivity index (χ1n) is 8.90. The van der Waals surface area contributed by atoms with Crippen LogP contribution in [0.3, 0.4) is 0 Å². The van der Waals surface area contributed by atoms with Gasteiger partial charge in [-0.3, -0.25) is 14.4 Å². The number of amides is 2. The van der Waals surface area contributed by atoms with Crippen molar-refractivity contribution in [2.24, 2.45) is 17.3 Å². The lowest BCUT2D eigenvalue weighted by Crippen LogP contribution is -2.20. The van der Waals surface area contributed by atoms with Crippen molar-refractivity contribution in [2.75, 3.05) is 17.2 Å². The highest BCUT2D eigenvalue weighted by molar-refractivity contribution is 6.00. The number of ether oxygens (including phenoxy) is 1. The fourth-order valence-corrected chi connectivity index (χ4v) is 3.35. The standard InChI is InChI=1S/C21H22N2O5/c1-21(2)17(18(21)20(26)27)19(25)23-14-8-6-7-13(11-14)22-16(24)12-28-15-9-4-3-5-10-15/h3-11,17-18H,12H2,1-2H3,(H,22,24)(H,23,25)(H,26,27)/t17-,18+/m1/s1. The number of aliphatic carboxylic acids is 1. The highest BCUT2D eigenvalue weighted by Crippen LogP contribution is 2.58. The molecule has 7 nitrogen and oxygen atoms in total. The lowest BCUT2D eigenvalue weighted by atomic mass is 10.1. The molecule has 1 fully saturated rings. The first-order valence-corrected chi connectivity index (χ1v) is 8.90. The lowest BCUT2D eigenvalue weighted by molar-refractivity contribution is -0.140. The predicted octanol–water partition coefficient (Wildman–Crippen LogP) is 3.00. The molecular weight excluding hydrogens is 360 g/mol. The molecule has 146 valence electrons. The van der Waals surface area contributed by atoms with Gasteiger partial charge in [-0.15, -0.1) is 0 Å². The van der Waals surface area contributed by atoms with E-state index in [1.165, 1.54) is 0 Å².